The van der Waals surface area contributed by atoms with Gasteiger partial charge in [0.2, 0.25) is 0 Å². The van der Waals surface area contributed by atoms with Gasteiger partial charge in [0.15, 0.2) is 0 Å². The van der Waals surface area contributed by atoms with Crippen LogP contribution < -0.4 is 5.73 Å². The van der Waals surface area contributed by atoms with Gasteiger partial charge >= 0.3 is 0 Å². The second-order valence-corrected chi connectivity index (χ2v) is 6.58. The first-order valence-electron chi connectivity index (χ1n) is 7.38. The van der Waals surface area contributed by atoms with Crippen LogP contribution in [-0.4, -0.2) is 30.6 Å². The van der Waals surface area contributed by atoms with Gasteiger partial charge in [-0.1, -0.05) is 34.1 Å². The number of hydrogen-bond donors (Lipinski definition) is 1. The predicted molar refractivity (Wildman–Crippen MR) is 76.1 cm³/mol. The molecule has 0 radical (unpaired) electrons. The van der Waals surface area contributed by atoms with Gasteiger partial charge in [-0.25, -0.2) is 0 Å². The van der Waals surface area contributed by atoms with E-state index >= 15 is 0 Å². The monoisotopic (exact) mass is 240 g/mol. The third-order valence-electron chi connectivity index (χ3n) is 4.89. The van der Waals surface area contributed by atoms with Crippen LogP contribution in [0.2, 0.25) is 0 Å². The summed E-state index contributed by atoms with van der Waals surface area (Å²) in [5, 5.41) is 0. The molecule has 0 bridgehead atoms. The molecule has 0 heterocycles. The third kappa shape index (κ3) is 3.69. The molecule has 0 amide bonds. The maximum absolute atomic E-state index is 6.46. The van der Waals surface area contributed by atoms with E-state index in [-0.39, 0.29) is 0 Å². The fourth-order valence-corrected chi connectivity index (χ4v) is 3.44. The molecule has 2 nitrogen and oxygen atoms in total. The molecular weight excluding hydrogens is 208 g/mol. The maximum atomic E-state index is 6.46. The second-order valence-electron chi connectivity index (χ2n) is 6.58. The van der Waals surface area contributed by atoms with Gasteiger partial charge < -0.3 is 10.6 Å². The van der Waals surface area contributed by atoms with Crippen molar-refractivity contribution in [3.05, 3.63) is 0 Å². The van der Waals surface area contributed by atoms with Gasteiger partial charge in [0.1, 0.15) is 0 Å². The minimum Gasteiger partial charge on any atom is -0.327 e. The van der Waals surface area contributed by atoms with Crippen molar-refractivity contribution in [1.82, 2.24) is 4.90 Å². The van der Waals surface area contributed by atoms with Gasteiger partial charge in [-0.15, -0.1) is 0 Å². The standard InChI is InChI=1S/C15H32N2/c1-6-13(7-2)17(5)11-12-9-8-10-15(3,4)14(12)16/h12-14H,6-11,16H2,1-5H3. The average Bonchev–Trinajstić information content (AvgIpc) is 2.26. The molecule has 0 aliphatic heterocycles. The summed E-state index contributed by atoms with van der Waals surface area (Å²) in [6, 6.07) is 1.10. The number of nitrogens with two attached hydrogens (primary N) is 1. The molecule has 0 saturated heterocycles. The Labute approximate surface area is 108 Å². The fourth-order valence-electron chi connectivity index (χ4n) is 3.44. The molecule has 0 aromatic carbocycles. The van der Waals surface area contributed by atoms with E-state index in [2.05, 4.69) is 39.6 Å². The molecule has 2 N–H and O–H groups in total. The lowest BCUT2D eigenvalue weighted by atomic mass is 9.68. The Morgan fingerprint density at radius 1 is 1.29 bits per heavy atom. The Morgan fingerprint density at radius 2 is 1.88 bits per heavy atom. The van der Waals surface area contributed by atoms with Crippen LogP contribution in [0.1, 0.15) is 59.8 Å². The van der Waals surface area contributed by atoms with Gasteiger partial charge in [0.05, 0.1) is 0 Å². The van der Waals surface area contributed by atoms with Crippen LogP contribution in [0.4, 0.5) is 0 Å². The molecule has 1 fully saturated rings. The lowest BCUT2D eigenvalue weighted by molar-refractivity contribution is 0.0942. The zero-order valence-electron chi connectivity index (χ0n) is 12.5. The normalized spacial score (nSPS) is 28.9. The van der Waals surface area contributed by atoms with E-state index in [1.54, 1.807) is 0 Å². The van der Waals surface area contributed by atoms with E-state index in [1.165, 1.54) is 38.6 Å². The molecule has 1 aliphatic carbocycles. The Kier molecular flexibility index (Phi) is 5.46. The second kappa shape index (κ2) is 6.19. The van der Waals surface area contributed by atoms with E-state index in [0.29, 0.717) is 17.4 Å². The topological polar surface area (TPSA) is 29.3 Å². The molecular formula is C15H32N2. The van der Waals surface area contributed by atoms with Crippen molar-refractivity contribution in [2.45, 2.75) is 71.9 Å². The molecule has 0 spiro atoms. The van der Waals surface area contributed by atoms with Crippen molar-refractivity contribution < 1.29 is 0 Å². The minimum absolute atomic E-state index is 0.331. The molecule has 0 aromatic heterocycles. The summed E-state index contributed by atoms with van der Waals surface area (Å²) >= 11 is 0. The largest absolute Gasteiger partial charge is 0.327 e. The third-order valence-corrected chi connectivity index (χ3v) is 4.89. The van der Waals surface area contributed by atoms with Crippen LogP contribution in [0.3, 0.4) is 0 Å². The molecule has 2 heteroatoms. The van der Waals surface area contributed by atoms with Crippen LogP contribution in [0.25, 0.3) is 0 Å². The highest BCUT2D eigenvalue weighted by Gasteiger charge is 2.36. The van der Waals surface area contributed by atoms with Crippen LogP contribution in [-0.2, 0) is 0 Å². The van der Waals surface area contributed by atoms with E-state index in [0.717, 1.165) is 6.04 Å². The summed E-state index contributed by atoms with van der Waals surface area (Å²) in [7, 11) is 2.27. The zero-order valence-corrected chi connectivity index (χ0v) is 12.5. The molecule has 2 atom stereocenters. The molecule has 17 heavy (non-hydrogen) atoms. The van der Waals surface area contributed by atoms with E-state index in [1.807, 2.05) is 0 Å². The van der Waals surface area contributed by atoms with Crippen molar-refractivity contribution in [3.8, 4) is 0 Å². The van der Waals surface area contributed by atoms with Gasteiger partial charge in [0.25, 0.3) is 0 Å². The summed E-state index contributed by atoms with van der Waals surface area (Å²) in [5.41, 5.74) is 6.79. The molecule has 1 saturated carbocycles. The Balaban J connectivity index is 2.55. The van der Waals surface area contributed by atoms with Gasteiger partial charge in [0, 0.05) is 18.6 Å². The SMILES string of the molecule is CCC(CC)N(C)CC1CCCC(C)(C)C1N. The summed E-state index contributed by atoms with van der Waals surface area (Å²) in [6.45, 7) is 10.4. The van der Waals surface area contributed by atoms with Crippen LogP contribution in [0.15, 0.2) is 0 Å². The molecule has 2 unspecified atom stereocenters. The quantitative estimate of drug-likeness (QED) is 0.799. The molecule has 1 aliphatic rings. The van der Waals surface area contributed by atoms with E-state index < -0.39 is 0 Å². The molecule has 0 aromatic rings. The van der Waals surface area contributed by atoms with Crippen LogP contribution in [0, 0.1) is 11.3 Å². The van der Waals surface area contributed by atoms with E-state index in [9.17, 15) is 0 Å². The van der Waals surface area contributed by atoms with Gasteiger partial charge in [-0.3, -0.25) is 0 Å². The summed E-state index contributed by atoms with van der Waals surface area (Å²) in [5.74, 6) is 0.685. The average molecular weight is 240 g/mol. The molecule has 1 rings (SSSR count). The van der Waals surface area contributed by atoms with Crippen molar-refractivity contribution in [2.24, 2.45) is 17.1 Å². The van der Waals surface area contributed by atoms with E-state index in [4.69, 9.17) is 5.73 Å². The number of rotatable bonds is 5. The summed E-state index contributed by atoms with van der Waals surface area (Å²) in [6.07, 6.45) is 6.45. The summed E-state index contributed by atoms with van der Waals surface area (Å²) in [4.78, 5) is 2.53. The molecule has 102 valence electrons. The highest BCUT2D eigenvalue weighted by Crippen LogP contribution is 2.38. The van der Waals surface area contributed by atoms with Gasteiger partial charge in [-0.05, 0) is 44.1 Å². The Hall–Kier alpha value is -0.0800. The number of nitrogens with zero attached hydrogens (tertiary/aromatic N) is 1. The lowest BCUT2D eigenvalue weighted by Gasteiger charge is -2.44. The highest BCUT2D eigenvalue weighted by molar-refractivity contribution is 4.92. The maximum Gasteiger partial charge on any atom is 0.0131 e. The fraction of sp³-hybridized carbons (Fsp3) is 1.00. The first kappa shape index (κ1) is 15.0. The number of hydrogen-bond acceptors (Lipinski definition) is 2. The van der Waals surface area contributed by atoms with Crippen molar-refractivity contribution in [1.29, 1.82) is 0 Å². The first-order chi connectivity index (χ1) is 7.92. The van der Waals surface area contributed by atoms with Crippen LogP contribution in [0.5, 0.6) is 0 Å². The minimum atomic E-state index is 0.331. The van der Waals surface area contributed by atoms with Gasteiger partial charge in [-0.2, -0.15) is 0 Å². The van der Waals surface area contributed by atoms with Crippen molar-refractivity contribution in [3.63, 3.8) is 0 Å². The Bertz CT molecular complexity index is 221. The predicted octanol–water partition coefficient (Wildman–Crippen LogP) is 3.26. The first-order valence-corrected chi connectivity index (χ1v) is 7.38. The highest BCUT2D eigenvalue weighted by atomic mass is 15.1. The van der Waals surface area contributed by atoms with Crippen molar-refractivity contribution >= 4 is 0 Å². The Morgan fingerprint density at radius 3 is 2.41 bits per heavy atom. The van der Waals surface area contributed by atoms with Crippen LogP contribution >= 0.6 is 0 Å². The van der Waals surface area contributed by atoms with Crippen molar-refractivity contribution in [2.75, 3.05) is 13.6 Å². The summed E-state index contributed by atoms with van der Waals surface area (Å²) < 4.78 is 0. The smallest absolute Gasteiger partial charge is 0.0131 e. The zero-order chi connectivity index (χ0) is 13.1. The lowest BCUT2D eigenvalue weighted by Crippen LogP contribution is -2.50.